The first kappa shape index (κ1) is 14.9. The SMILES string of the molecule is COC(=O)c1cc(OC(F)(F)F)c(O)c(C(F)F)n1. The molecule has 10 heteroatoms. The van der Waals surface area contributed by atoms with Gasteiger partial charge in [-0.1, -0.05) is 0 Å². The average Bonchev–Trinajstić information content (AvgIpc) is 2.28. The Bertz CT molecular complexity index is 488. The number of rotatable bonds is 3. The molecule has 0 unspecified atom stereocenters. The lowest BCUT2D eigenvalue weighted by atomic mass is 10.2. The van der Waals surface area contributed by atoms with E-state index in [1.165, 1.54) is 0 Å². The molecule has 1 aromatic heterocycles. The van der Waals surface area contributed by atoms with Crippen LogP contribution in [-0.4, -0.2) is 29.5 Å². The van der Waals surface area contributed by atoms with E-state index in [0.717, 1.165) is 7.11 Å². The van der Waals surface area contributed by atoms with Crippen molar-refractivity contribution >= 4 is 5.97 Å². The number of methoxy groups -OCH3 is 1. The smallest absolute Gasteiger partial charge is 0.503 e. The number of halogens is 5. The number of carbonyl (C=O) groups is 1. The molecule has 1 heterocycles. The van der Waals surface area contributed by atoms with Crippen molar-refractivity contribution in [3.05, 3.63) is 17.5 Å². The number of pyridine rings is 1. The molecule has 0 fully saturated rings. The number of hydrogen-bond acceptors (Lipinski definition) is 5. The Hall–Kier alpha value is -2.13. The van der Waals surface area contributed by atoms with Crippen LogP contribution in [0.1, 0.15) is 22.6 Å². The number of esters is 1. The number of hydrogen-bond donors (Lipinski definition) is 1. The van der Waals surface area contributed by atoms with Crippen molar-refractivity contribution in [1.82, 2.24) is 4.98 Å². The Balaban J connectivity index is 3.36. The van der Waals surface area contributed by atoms with E-state index in [1.807, 2.05) is 0 Å². The summed E-state index contributed by atoms with van der Waals surface area (Å²) in [5.74, 6) is -4.12. The third-order valence-corrected chi connectivity index (χ3v) is 1.81. The highest BCUT2D eigenvalue weighted by Crippen LogP contribution is 2.38. The highest BCUT2D eigenvalue weighted by atomic mass is 19.4. The zero-order valence-electron chi connectivity index (χ0n) is 9.16. The fourth-order valence-corrected chi connectivity index (χ4v) is 1.10. The van der Waals surface area contributed by atoms with Gasteiger partial charge in [0.2, 0.25) is 0 Å². The molecule has 5 nitrogen and oxygen atoms in total. The van der Waals surface area contributed by atoms with E-state index in [1.54, 1.807) is 0 Å². The van der Waals surface area contributed by atoms with Crippen molar-refractivity contribution in [2.75, 3.05) is 7.11 Å². The molecular weight excluding hydrogens is 281 g/mol. The van der Waals surface area contributed by atoms with Gasteiger partial charge in [-0.05, 0) is 0 Å². The molecule has 1 N–H and O–H groups in total. The summed E-state index contributed by atoms with van der Waals surface area (Å²) in [4.78, 5) is 14.1. The summed E-state index contributed by atoms with van der Waals surface area (Å²) in [5.41, 5.74) is -2.27. The quantitative estimate of drug-likeness (QED) is 0.683. The zero-order valence-corrected chi connectivity index (χ0v) is 9.16. The second-order valence-corrected chi connectivity index (χ2v) is 3.08. The third kappa shape index (κ3) is 3.66. The van der Waals surface area contributed by atoms with Crippen LogP contribution in [0.2, 0.25) is 0 Å². The molecule has 106 valence electrons. The van der Waals surface area contributed by atoms with Gasteiger partial charge in [0.25, 0.3) is 6.43 Å². The lowest BCUT2D eigenvalue weighted by Crippen LogP contribution is -2.18. The summed E-state index contributed by atoms with van der Waals surface area (Å²) in [6, 6.07) is 0.348. The standard InChI is InChI=1S/C9H6F5NO4/c1-18-8(17)3-2-4(19-9(12,13)14)6(16)5(15-3)7(10)11/h2,7,16H,1H3. The van der Waals surface area contributed by atoms with E-state index in [2.05, 4.69) is 14.5 Å². The molecule has 0 aliphatic heterocycles. The topological polar surface area (TPSA) is 68.7 Å². The Kier molecular flexibility index (Phi) is 4.12. The highest BCUT2D eigenvalue weighted by molar-refractivity contribution is 5.88. The number of ether oxygens (including phenoxy) is 2. The Morgan fingerprint density at radius 1 is 1.42 bits per heavy atom. The van der Waals surface area contributed by atoms with E-state index in [9.17, 15) is 31.9 Å². The van der Waals surface area contributed by atoms with Crippen molar-refractivity contribution in [1.29, 1.82) is 0 Å². The summed E-state index contributed by atoms with van der Waals surface area (Å²) in [6.07, 6.45) is -8.63. The van der Waals surface area contributed by atoms with Crippen LogP contribution in [0.5, 0.6) is 11.5 Å². The Labute approximate surface area is 102 Å². The van der Waals surface area contributed by atoms with Crippen LogP contribution in [0.4, 0.5) is 22.0 Å². The van der Waals surface area contributed by atoms with Crippen LogP contribution >= 0.6 is 0 Å². The van der Waals surface area contributed by atoms with Crippen LogP contribution < -0.4 is 4.74 Å². The molecule has 0 bridgehead atoms. The highest BCUT2D eigenvalue weighted by Gasteiger charge is 2.34. The lowest BCUT2D eigenvalue weighted by Gasteiger charge is -2.13. The van der Waals surface area contributed by atoms with Crippen LogP contribution in [0.15, 0.2) is 6.07 Å². The van der Waals surface area contributed by atoms with E-state index in [0.29, 0.717) is 6.07 Å². The Morgan fingerprint density at radius 3 is 2.42 bits per heavy atom. The van der Waals surface area contributed by atoms with Crippen molar-refractivity contribution < 1.29 is 41.3 Å². The molecule has 0 aliphatic rings. The summed E-state index contributed by atoms with van der Waals surface area (Å²) in [7, 11) is 0.878. The normalized spacial score (nSPS) is 11.5. The van der Waals surface area contributed by atoms with Gasteiger partial charge < -0.3 is 14.6 Å². The molecule has 1 aromatic rings. The second-order valence-electron chi connectivity index (χ2n) is 3.08. The van der Waals surface area contributed by atoms with Gasteiger partial charge in [0.15, 0.2) is 22.9 Å². The van der Waals surface area contributed by atoms with Crippen molar-refractivity contribution in [2.24, 2.45) is 0 Å². The minimum absolute atomic E-state index is 0.348. The summed E-state index contributed by atoms with van der Waals surface area (Å²) in [6.45, 7) is 0. The number of carbonyl (C=O) groups excluding carboxylic acids is 1. The maximum absolute atomic E-state index is 12.5. The summed E-state index contributed by atoms with van der Waals surface area (Å²) in [5, 5.41) is 9.18. The van der Waals surface area contributed by atoms with Crippen LogP contribution in [-0.2, 0) is 4.74 Å². The molecule has 0 aromatic carbocycles. The number of nitrogens with zero attached hydrogens (tertiary/aromatic N) is 1. The molecule has 0 aliphatic carbocycles. The molecule has 0 saturated heterocycles. The van der Waals surface area contributed by atoms with Gasteiger partial charge in [-0.2, -0.15) is 0 Å². The number of aromatic nitrogens is 1. The summed E-state index contributed by atoms with van der Waals surface area (Å²) < 4.78 is 68.4. The second kappa shape index (κ2) is 5.24. The van der Waals surface area contributed by atoms with E-state index >= 15 is 0 Å². The minimum Gasteiger partial charge on any atom is -0.503 e. The predicted molar refractivity (Wildman–Crippen MR) is 48.9 cm³/mol. The molecule has 0 radical (unpaired) electrons. The zero-order chi connectivity index (χ0) is 14.8. The van der Waals surface area contributed by atoms with Crippen molar-refractivity contribution in [2.45, 2.75) is 12.8 Å². The Morgan fingerprint density at radius 2 is 2.00 bits per heavy atom. The van der Waals surface area contributed by atoms with Gasteiger partial charge in [-0.15, -0.1) is 13.2 Å². The maximum Gasteiger partial charge on any atom is 0.573 e. The molecule has 0 spiro atoms. The van der Waals surface area contributed by atoms with Crippen LogP contribution in [0.3, 0.4) is 0 Å². The fourth-order valence-electron chi connectivity index (χ4n) is 1.10. The van der Waals surface area contributed by atoms with E-state index in [4.69, 9.17) is 0 Å². The van der Waals surface area contributed by atoms with E-state index in [-0.39, 0.29) is 0 Å². The average molecular weight is 287 g/mol. The maximum atomic E-state index is 12.5. The molecule has 0 atom stereocenters. The minimum atomic E-state index is -5.23. The van der Waals surface area contributed by atoms with Crippen LogP contribution in [0.25, 0.3) is 0 Å². The fraction of sp³-hybridized carbons (Fsp3) is 0.333. The first-order valence-corrected chi connectivity index (χ1v) is 4.51. The number of alkyl halides is 5. The van der Waals surface area contributed by atoms with Gasteiger partial charge in [0.05, 0.1) is 7.11 Å². The first-order chi connectivity index (χ1) is 8.65. The van der Waals surface area contributed by atoms with Gasteiger partial charge in [-0.25, -0.2) is 18.6 Å². The predicted octanol–water partition coefficient (Wildman–Crippen LogP) is 2.41. The molecular formula is C9H6F5NO4. The van der Waals surface area contributed by atoms with Crippen LogP contribution in [0, 0.1) is 0 Å². The van der Waals surface area contributed by atoms with Crippen molar-refractivity contribution in [3.8, 4) is 11.5 Å². The number of aromatic hydroxyl groups is 1. The molecule has 19 heavy (non-hydrogen) atoms. The van der Waals surface area contributed by atoms with Gasteiger partial charge in [0, 0.05) is 6.07 Å². The lowest BCUT2D eigenvalue weighted by molar-refractivity contribution is -0.275. The van der Waals surface area contributed by atoms with Gasteiger partial charge >= 0.3 is 12.3 Å². The molecule has 0 amide bonds. The van der Waals surface area contributed by atoms with Gasteiger partial charge in [-0.3, -0.25) is 0 Å². The van der Waals surface area contributed by atoms with E-state index < -0.39 is 41.6 Å². The first-order valence-electron chi connectivity index (χ1n) is 4.51. The van der Waals surface area contributed by atoms with Crippen molar-refractivity contribution in [3.63, 3.8) is 0 Å². The molecule has 1 rings (SSSR count). The monoisotopic (exact) mass is 287 g/mol. The molecule has 0 saturated carbocycles. The largest absolute Gasteiger partial charge is 0.573 e. The van der Waals surface area contributed by atoms with Gasteiger partial charge in [0.1, 0.15) is 0 Å². The third-order valence-electron chi connectivity index (χ3n) is 1.81. The summed E-state index contributed by atoms with van der Waals surface area (Å²) >= 11 is 0.